The van der Waals surface area contributed by atoms with Gasteiger partial charge in [0.2, 0.25) is 0 Å². The summed E-state index contributed by atoms with van der Waals surface area (Å²) < 4.78 is 0. The summed E-state index contributed by atoms with van der Waals surface area (Å²) >= 11 is 0. The van der Waals surface area contributed by atoms with Crippen LogP contribution in [-0.2, 0) is 0 Å². The summed E-state index contributed by atoms with van der Waals surface area (Å²) in [4.78, 5) is 5.06. The third kappa shape index (κ3) is 28.0. The number of hydrogen-bond donors (Lipinski definition) is 0. The van der Waals surface area contributed by atoms with Crippen molar-refractivity contribution in [2.75, 3.05) is 26.2 Å². The van der Waals surface area contributed by atoms with Gasteiger partial charge in [-0.05, 0) is 63.2 Å². The second-order valence-electron chi connectivity index (χ2n) is 11.6. The molecule has 33 heavy (non-hydrogen) atoms. The highest BCUT2D eigenvalue weighted by Gasteiger charge is 2.30. The van der Waals surface area contributed by atoms with E-state index in [1.807, 2.05) is 27.7 Å². The molecule has 0 spiro atoms. The van der Waals surface area contributed by atoms with Crippen molar-refractivity contribution in [3.63, 3.8) is 0 Å². The lowest BCUT2D eigenvalue weighted by molar-refractivity contribution is 0.0408. The zero-order chi connectivity index (χ0) is 26.6. The van der Waals surface area contributed by atoms with Gasteiger partial charge in [-0.25, -0.2) is 0 Å². The molecule has 0 saturated carbocycles. The Balaban J connectivity index is -0.000000106. The van der Waals surface area contributed by atoms with Gasteiger partial charge in [-0.1, -0.05) is 104 Å². The first kappa shape index (κ1) is 43.0. The van der Waals surface area contributed by atoms with Crippen molar-refractivity contribution in [2.24, 2.45) is 35.5 Å². The second kappa shape index (κ2) is 26.5. The number of rotatable bonds is 4. The van der Waals surface area contributed by atoms with Crippen LogP contribution in [0.15, 0.2) is 0 Å². The minimum absolute atomic E-state index is 0. The van der Waals surface area contributed by atoms with Crippen LogP contribution in [0.4, 0.5) is 0 Å². The van der Waals surface area contributed by atoms with Gasteiger partial charge in [0.05, 0.1) is 0 Å². The first-order valence-electron chi connectivity index (χ1n) is 14.2. The van der Waals surface area contributed by atoms with Gasteiger partial charge in [0.1, 0.15) is 0 Å². The van der Waals surface area contributed by atoms with Crippen LogP contribution in [0.3, 0.4) is 0 Å². The molecule has 0 atom stereocenters. The summed E-state index contributed by atoms with van der Waals surface area (Å²) in [5.74, 6) is 5.38. The first-order valence-corrected chi connectivity index (χ1v) is 14.2. The molecule has 0 amide bonds. The lowest BCUT2D eigenvalue weighted by Crippen LogP contribution is -2.51. The summed E-state index contributed by atoms with van der Waals surface area (Å²) in [6.45, 7) is 44.7. The molecule has 2 heteroatoms. The van der Waals surface area contributed by atoms with E-state index < -0.39 is 0 Å². The van der Waals surface area contributed by atoms with Crippen LogP contribution in [0.1, 0.15) is 132 Å². The molecule has 0 unspecified atom stereocenters. The summed E-state index contributed by atoms with van der Waals surface area (Å²) in [5, 5.41) is 0. The fourth-order valence-corrected chi connectivity index (χ4v) is 2.78. The number of nitrogens with zero attached hydrogens (tertiary/aromatic N) is 2. The molecule has 2 rings (SSSR count). The van der Waals surface area contributed by atoms with Gasteiger partial charge in [0, 0.05) is 38.3 Å². The zero-order valence-electron chi connectivity index (χ0n) is 26.3. The molecule has 2 aliphatic rings. The van der Waals surface area contributed by atoms with Crippen LogP contribution in [-0.4, -0.2) is 48.1 Å². The average molecular weight is 475 g/mol. The monoisotopic (exact) mass is 475 g/mol. The molecule has 2 fully saturated rings. The van der Waals surface area contributed by atoms with Crippen LogP contribution in [0.2, 0.25) is 0 Å². The maximum absolute atomic E-state index is 2.53. The van der Waals surface area contributed by atoms with E-state index in [-0.39, 0.29) is 7.43 Å². The quantitative estimate of drug-likeness (QED) is 0.400. The predicted molar refractivity (Wildman–Crippen MR) is 161 cm³/mol. The molecule has 0 aromatic heterocycles. The van der Waals surface area contributed by atoms with Gasteiger partial charge in [-0.3, -0.25) is 0 Å². The van der Waals surface area contributed by atoms with E-state index in [0.717, 1.165) is 47.6 Å². The summed E-state index contributed by atoms with van der Waals surface area (Å²) in [6, 6.07) is 1.52. The molecule has 208 valence electrons. The number of likely N-dealkylation sites (tertiary alicyclic amines) is 2. The Morgan fingerprint density at radius 3 is 0.667 bits per heavy atom. The Morgan fingerprint density at radius 1 is 0.424 bits per heavy atom. The van der Waals surface area contributed by atoms with Crippen molar-refractivity contribution >= 4 is 0 Å². The molecule has 0 bridgehead atoms. The van der Waals surface area contributed by atoms with Gasteiger partial charge in [0.15, 0.2) is 0 Å². The Hall–Kier alpha value is -0.0800. The smallest absolute Gasteiger partial charge is 0.00388 e. The molecule has 0 aromatic carbocycles. The normalized spacial score (nSPS) is 16.0. The van der Waals surface area contributed by atoms with Crippen molar-refractivity contribution in [3.8, 4) is 0 Å². The largest absolute Gasteiger partial charge is 0.300 e. The average Bonchev–Trinajstić information content (AvgIpc) is 2.53. The second-order valence-corrected chi connectivity index (χ2v) is 11.6. The van der Waals surface area contributed by atoms with Gasteiger partial charge >= 0.3 is 0 Å². The van der Waals surface area contributed by atoms with Crippen LogP contribution >= 0.6 is 0 Å². The van der Waals surface area contributed by atoms with Gasteiger partial charge < -0.3 is 9.80 Å². The Kier molecular flexibility index (Phi) is 34.6. The summed E-state index contributed by atoms with van der Waals surface area (Å²) in [5.41, 5.74) is 0. The molecular formula is C31H74N2. The maximum atomic E-state index is 2.53. The third-order valence-corrected chi connectivity index (χ3v) is 5.22. The van der Waals surface area contributed by atoms with Crippen molar-refractivity contribution in [1.82, 2.24) is 9.80 Å². The molecule has 0 radical (unpaired) electrons. The lowest BCUT2D eigenvalue weighted by Gasteiger charge is -2.44. The minimum atomic E-state index is 0. The molecule has 2 saturated heterocycles. The highest BCUT2D eigenvalue weighted by Crippen LogP contribution is 2.25. The van der Waals surface area contributed by atoms with Crippen molar-refractivity contribution in [3.05, 3.63) is 0 Å². The Labute approximate surface area is 215 Å². The van der Waals surface area contributed by atoms with Crippen LogP contribution in [0.5, 0.6) is 0 Å². The molecule has 0 aliphatic carbocycles. The van der Waals surface area contributed by atoms with Gasteiger partial charge in [-0.2, -0.15) is 0 Å². The summed E-state index contributed by atoms with van der Waals surface area (Å²) in [6.07, 6.45) is 0. The highest BCUT2D eigenvalue weighted by molar-refractivity contribution is 4.84. The van der Waals surface area contributed by atoms with Crippen LogP contribution in [0.25, 0.3) is 0 Å². The van der Waals surface area contributed by atoms with E-state index in [0.29, 0.717) is 0 Å². The Morgan fingerprint density at radius 2 is 0.576 bits per heavy atom. The number of hydrogen-bond acceptors (Lipinski definition) is 2. The van der Waals surface area contributed by atoms with Crippen LogP contribution in [0, 0.1) is 35.5 Å². The maximum Gasteiger partial charge on any atom is 0.00388 e. The molecular weight excluding hydrogens is 400 g/mol. The molecule has 0 aromatic rings. The first-order chi connectivity index (χ1) is 14.7. The summed E-state index contributed by atoms with van der Waals surface area (Å²) in [7, 11) is 0. The molecule has 2 nitrogen and oxygen atoms in total. The van der Waals surface area contributed by atoms with Crippen molar-refractivity contribution in [1.29, 1.82) is 0 Å². The lowest BCUT2D eigenvalue weighted by atomic mass is 9.87. The van der Waals surface area contributed by atoms with Gasteiger partial charge in [-0.15, -0.1) is 0 Å². The van der Waals surface area contributed by atoms with Crippen molar-refractivity contribution < 1.29 is 0 Å². The fourth-order valence-electron chi connectivity index (χ4n) is 2.78. The van der Waals surface area contributed by atoms with E-state index in [1.54, 1.807) is 0 Å². The fraction of sp³-hybridized carbons (Fsp3) is 1.00. The molecule has 2 heterocycles. The molecule has 0 N–H and O–H groups in total. The van der Waals surface area contributed by atoms with E-state index in [1.165, 1.54) is 26.2 Å². The minimum Gasteiger partial charge on any atom is -0.300 e. The topological polar surface area (TPSA) is 6.48 Å². The highest BCUT2D eigenvalue weighted by atomic mass is 15.2. The Bertz CT molecular complexity index is 269. The van der Waals surface area contributed by atoms with E-state index in [9.17, 15) is 0 Å². The SMILES string of the molecule is C.CC.CC.CC(C)C.CC(C)C.CC(C)C1CN(C(C)C)C1.CC(C)C1CN(C(C)C)C1. The van der Waals surface area contributed by atoms with Gasteiger partial charge in [0.25, 0.3) is 0 Å². The van der Waals surface area contributed by atoms with E-state index in [2.05, 4.69) is 107 Å². The van der Waals surface area contributed by atoms with E-state index >= 15 is 0 Å². The standard InChI is InChI=1S/2C9H19N.2C4H10.2C2H6.CH4/c2*1-7(2)9-5-10(6-9)8(3)4;2*1-4(2)3;2*1-2;/h2*7-9H,5-6H2,1-4H3;2*4H,1-3H3;2*1-2H3;1H4. The van der Waals surface area contributed by atoms with Crippen LogP contribution < -0.4 is 0 Å². The third-order valence-electron chi connectivity index (χ3n) is 5.22. The van der Waals surface area contributed by atoms with E-state index in [4.69, 9.17) is 0 Å². The zero-order valence-corrected chi connectivity index (χ0v) is 26.3. The molecule has 2 aliphatic heterocycles. The predicted octanol–water partition coefficient (Wildman–Crippen LogP) is 9.98. The van der Waals surface area contributed by atoms with Crippen molar-refractivity contribution in [2.45, 2.75) is 144 Å².